The Morgan fingerprint density at radius 1 is 0.862 bits per heavy atom. The lowest BCUT2D eigenvalue weighted by Gasteiger charge is -2.16. The maximum atomic E-state index is 12.7. The van der Waals surface area contributed by atoms with Gasteiger partial charge in [-0.25, -0.2) is 4.79 Å². The monoisotopic (exact) mass is 394 g/mol. The molecule has 0 saturated heterocycles. The summed E-state index contributed by atoms with van der Waals surface area (Å²) in [5.74, 6) is -1.15. The number of anilines is 1. The van der Waals surface area contributed by atoms with Gasteiger partial charge in [-0.3, -0.25) is 9.59 Å². The molecule has 1 aliphatic rings. The molecule has 152 valence electrons. The number of benzene rings is 2. The Kier molecular flexibility index (Phi) is 7.00. The van der Waals surface area contributed by atoms with Crippen LogP contribution in [0.2, 0.25) is 0 Å². The molecule has 0 radical (unpaired) electrons. The number of hydrogen-bond acceptors (Lipinski definition) is 4. The minimum absolute atomic E-state index is 0.136. The van der Waals surface area contributed by atoms with E-state index >= 15 is 0 Å². The summed E-state index contributed by atoms with van der Waals surface area (Å²) in [6.45, 7) is 0. The number of esters is 1. The van der Waals surface area contributed by atoms with Gasteiger partial charge < -0.3 is 15.4 Å². The molecule has 0 heterocycles. The van der Waals surface area contributed by atoms with Crippen molar-refractivity contribution in [2.75, 3.05) is 12.4 Å². The van der Waals surface area contributed by atoms with Gasteiger partial charge in [0.2, 0.25) is 0 Å². The number of carbonyl (C=O) groups is 3. The lowest BCUT2D eigenvalue weighted by Crippen LogP contribution is -2.34. The quantitative estimate of drug-likeness (QED) is 0.589. The number of methoxy groups -OCH3 is 1. The third-order valence-corrected chi connectivity index (χ3v) is 5.15. The molecule has 0 atom stereocenters. The van der Waals surface area contributed by atoms with Crippen molar-refractivity contribution < 1.29 is 19.1 Å². The normalized spacial score (nSPS) is 14.5. The van der Waals surface area contributed by atoms with E-state index in [2.05, 4.69) is 10.6 Å². The average Bonchev–Trinajstić information content (AvgIpc) is 3.02. The van der Waals surface area contributed by atoms with Gasteiger partial charge in [0.25, 0.3) is 11.8 Å². The highest BCUT2D eigenvalue weighted by Gasteiger charge is 2.18. The smallest absolute Gasteiger partial charge is 0.338 e. The summed E-state index contributed by atoms with van der Waals surface area (Å²) < 4.78 is 4.74. The van der Waals surface area contributed by atoms with Crippen LogP contribution in [0.3, 0.4) is 0 Å². The molecule has 3 rings (SSSR count). The zero-order valence-electron chi connectivity index (χ0n) is 16.6. The fourth-order valence-electron chi connectivity index (χ4n) is 3.60. The van der Waals surface area contributed by atoms with Crippen molar-refractivity contribution in [1.29, 1.82) is 0 Å². The van der Waals surface area contributed by atoms with Crippen LogP contribution in [0.15, 0.2) is 48.5 Å². The van der Waals surface area contributed by atoms with E-state index in [0.717, 1.165) is 25.7 Å². The summed E-state index contributed by atoms with van der Waals surface area (Å²) in [6.07, 6.45) is 6.74. The predicted molar refractivity (Wildman–Crippen MR) is 111 cm³/mol. The number of ether oxygens (including phenoxy) is 1. The van der Waals surface area contributed by atoms with Crippen molar-refractivity contribution >= 4 is 23.5 Å². The lowest BCUT2D eigenvalue weighted by molar-refractivity contribution is 0.0597. The summed E-state index contributed by atoms with van der Waals surface area (Å²) in [7, 11) is 1.27. The van der Waals surface area contributed by atoms with Crippen molar-refractivity contribution in [3.05, 3.63) is 65.2 Å². The maximum absolute atomic E-state index is 12.7. The summed E-state index contributed by atoms with van der Waals surface area (Å²) in [6, 6.07) is 13.5. The number of nitrogens with one attached hydrogen (secondary N) is 2. The summed E-state index contributed by atoms with van der Waals surface area (Å²) in [5.41, 5.74) is 1.39. The summed E-state index contributed by atoms with van der Waals surface area (Å²) >= 11 is 0. The number of amides is 2. The first-order chi connectivity index (χ1) is 14.1. The predicted octanol–water partition coefficient (Wildman–Crippen LogP) is 4.18. The Morgan fingerprint density at radius 2 is 1.55 bits per heavy atom. The first-order valence-corrected chi connectivity index (χ1v) is 9.98. The number of hydrogen-bond donors (Lipinski definition) is 2. The third kappa shape index (κ3) is 5.44. The number of rotatable bonds is 5. The van der Waals surface area contributed by atoms with E-state index in [1.807, 2.05) is 0 Å². The van der Waals surface area contributed by atoms with Gasteiger partial charge in [0, 0.05) is 17.3 Å². The molecule has 2 aromatic rings. The Hall–Kier alpha value is -3.15. The van der Waals surface area contributed by atoms with Crippen molar-refractivity contribution in [1.82, 2.24) is 5.32 Å². The fraction of sp³-hybridized carbons (Fsp3) is 0.348. The molecule has 1 aliphatic carbocycles. The first-order valence-electron chi connectivity index (χ1n) is 9.98. The molecule has 6 nitrogen and oxygen atoms in total. The van der Waals surface area contributed by atoms with Crippen molar-refractivity contribution in [3.63, 3.8) is 0 Å². The molecule has 1 fully saturated rings. The summed E-state index contributed by atoms with van der Waals surface area (Å²) in [5, 5.41) is 5.87. The van der Waals surface area contributed by atoms with E-state index in [0.29, 0.717) is 11.3 Å². The highest BCUT2D eigenvalue weighted by Crippen LogP contribution is 2.19. The second kappa shape index (κ2) is 9.87. The van der Waals surface area contributed by atoms with Crippen molar-refractivity contribution in [2.45, 2.75) is 44.6 Å². The molecule has 0 bridgehead atoms. The van der Waals surface area contributed by atoms with Crippen molar-refractivity contribution in [2.24, 2.45) is 0 Å². The Morgan fingerprint density at radius 3 is 2.24 bits per heavy atom. The summed E-state index contributed by atoms with van der Waals surface area (Å²) in [4.78, 5) is 37.2. The van der Waals surface area contributed by atoms with Crippen LogP contribution >= 0.6 is 0 Å². The Labute approximate surface area is 170 Å². The number of carbonyl (C=O) groups excluding carboxylic acids is 3. The highest BCUT2D eigenvalue weighted by molar-refractivity contribution is 6.11. The molecule has 1 saturated carbocycles. The van der Waals surface area contributed by atoms with Gasteiger partial charge in [-0.05, 0) is 43.2 Å². The molecule has 2 amide bonds. The minimum Gasteiger partial charge on any atom is -0.465 e. The average molecular weight is 394 g/mol. The zero-order valence-corrected chi connectivity index (χ0v) is 16.6. The standard InChI is InChI=1S/C23H26N2O4/c1-29-23(28)20-14-7-6-13-19(20)22(27)25-18-12-8-9-16(15-18)21(26)24-17-10-4-2-3-5-11-17/h6-9,12-15,17H,2-5,10-11H2,1H3,(H,24,26)(H,25,27). The molecule has 6 heteroatoms. The van der Waals surface area contributed by atoms with Crippen LogP contribution < -0.4 is 10.6 Å². The van der Waals surface area contributed by atoms with Crippen LogP contribution in [0, 0.1) is 0 Å². The van der Waals surface area contributed by atoms with Gasteiger partial charge >= 0.3 is 5.97 Å². The van der Waals surface area contributed by atoms with Gasteiger partial charge in [-0.1, -0.05) is 43.9 Å². The molecule has 0 aliphatic heterocycles. The molecule has 29 heavy (non-hydrogen) atoms. The topological polar surface area (TPSA) is 84.5 Å². The third-order valence-electron chi connectivity index (χ3n) is 5.15. The van der Waals surface area contributed by atoms with E-state index in [9.17, 15) is 14.4 Å². The van der Waals surface area contributed by atoms with E-state index in [4.69, 9.17) is 4.74 Å². The molecule has 0 aromatic heterocycles. The van der Waals surface area contributed by atoms with Gasteiger partial charge in [0.15, 0.2) is 0 Å². The SMILES string of the molecule is COC(=O)c1ccccc1C(=O)Nc1cccc(C(=O)NC2CCCCCC2)c1. The van der Waals surface area contributed by atoms with Gasteiger partial charge in [-0.2, -0.15) is 0 Å². The molecule has 0 unspecified atom stereocenters. The zero-order chi connectivity index (χ0) is 20.6. The van der Waals surface area contributed by atoms with Crippen LogP contribution in [-0.4, -0.2) is 30.9 Å². The molecular formula is C23H26N2O4. The lowest BCUT2D eigenvalue weighted by atomic mass is 10.1. The van der Waals surface area contributed by atoms with Crippen LogP contribution in [0.4, 0.5) is 5.69 Å². The molecular weight excluding hydrogens is 368 g/mol. The maximum Gasteiger partial charge on any atom is 0.338 e. The fourth-order valence-corrected chi connectivity index (χ4v) is 3.60. The first kappa shape index (κ1) is 20.6. The minimum atomic E-state index is -0.577. The Balaban J connectivity index is 1.70. The molecule has 0 spiro atoms. The molecule has 2 N–H and O–H groups in total. The van der Waals surface area contributed by atoms with Crippen LogP contribution in [0.1, 0.15) is 69.6 Å². The van der Waals surface area contributed by atoms with Crippen LogP contribution in [-0.2, 0) is 4.74 Å². The van der Waals surface area contributed by atoms with Gasteiger partial charge in [0.1, 0.15) is 0 Å². The molecule has 2 aromatic carbocycles. The Bertz CT molecular complexity index is 886. The van der Waals surface area contributed by atoms with E-state index in [1.54, 1.807) is 42.5 Å². The van der Waals surface area contributed by atoms with Crippen LogP contribution in [0.5, 0.6) is 0 Å². The van der Waals surface area contributed by atoms with Gasteiger partial charge in [0.05, 0.1) is 18.2 Å². The van der Waals surface area contributed by atoms with E-state index in [1.165, 1.54) is 26.0 Å². The van der Waals surface area contributed by atoms with E-state index < -0.39 is 11.9 Å². The highest BCUT2D eigenvalue weighted by atomic mass is 16.5. The van der Waals surface area contributed by atoms with Gasteiger partial charge in [-0.15, -0.1) is 0 Å². The van der Waals surface area contributed by atoms with Crippen molar-refractivity contribution in [3.8, 4) is 0 Å². The van der Waals surface area contributed by atoms with Crippen LogP contribution in [0.25, 0.3) is 0 Å². The second-order valence-corrected chi connectivity index (χ2v) is 7.23. The van der Waals surface area contributed by atoms with E-state index in [-0.39, 0.29) is 23.1 Å². The largest absolute Gasteiger partial charge is 0.465 e. The second-order valence-electron chi connectivity index (χ2n) is 7.23.